The van der Waals surface area contributed by atoms with Gasteiger partial charge >= 0.3 is 0 Å². The number of likely N-dealkylation sites (N-methyl/N-ethyl adjacent to an activating group) is 1. The van der Waals surface area contributed by atoms with Crippen molar-refractivity contribution in [2.45, 2.75) is 64.1 Å². The van der Waals surface area contributed by atoms with E-state index in [0.29, 0.717) is 30.2 Å². The van der Waals surface area contributed by atoms with Crippen LogP contribution in [0.15, 0.2) is 78.9 Å². The molecule has 1 aliphatic rings. The topological polar surface area (TPSA) is 29.5 Å². The number of amides is 1. The van der Waals surface area contributed by atoms with Crippen molar-refractivity contribution in [2.24, 2.45) is 5.92 Å². The van der Waals surface area contributed by atoms with Crippen LogP contribution in [0.2, 0.25) is 0 Å². The van der Waals surface area contributed by atoms with Crippen LogP contribution in [0.3, 0.4) is 0 Å². The number of nitrogens with zero attached hydrogens (tertiary/aromatic N) is 1. The molecule has 0 saturated heterocycles. The number of ether oxygens (including phenoxy) is 1. The molecule has 0 radical (unpaired) electrons. The van der Waals surface area contributed by atoms with Gasteiger partial charge in [-0.3, -0.25) is 4.79 Å². The maximum atomic E-state index is 13.7. The summed E-state index contributed by atoms with van der Waals surface area (Å²) in [6.45, 7) is 4.56. The summed E-state index contributed by atoms with van der Waals surface area (Å²) in [5.41, 5.74) is 3.75. The lowest BCUT2D eigenvalue weighted by atomic mass is 9.63. The quantitative estimate of drug-likeness (QED) is 0.281. The average Bonchev–Trinajstić information content (AvgIpc) is 2.87. The van der Waals surface area contributed by atoms with E-state index in [1.54, 1.807) is 12.1 Å². The van der Waals surface area contributed by atoms with Crippen LogP contribution in [0.25, 0.3) is 0 Å². The minimum Gasteiger partial charge on any atom is -0.486 e. The molecule has 0 bridgehead atoms. The molecule has 3 nitrogen and oxygen atoms in total. The number of hydrogen-bond acceptors (Lipinski definition) is 2. The molecule has 4 heteroatoms. The number of alkyl halides is 1. The first-order valence-corrected chi connectivity index (χ1v) is 13.1. The fourth-order valence-electron chi connectivity index (χ4n) is 5.15. The summed E-state index contributed by atoms with van der Waals surface area (Å²) in [6.07, 6.45) is 4.40. The number of carbonyl (C=O) groups is 1. The van der Waals surface area contributed by atoms with E-state index in [-0.39, 0.29) is 12.0 Å². The molecule has 0 N–H and O–H groups in total. The van der Waals surface area contributed by atoms with Crippen LogP contribution in [-0.4, -0.2) is 24.4 Å². The third-order valence-electron chi connectivity index (χ3n) is 7.37. The van der Waals surface area contributed by atoms with Gasteiger partial charge in [0.1, 0.15) is 18.5 Å². The smallest absolute Gasteiger partial charge is 0.232 e. The summed E-state index contributed by atoms with van der Waals surface area (Å²) < 4.78 is 19.2. The molecule has 36 heavy (non-hydrogen) atoms. The zero-order valence-corrected chi connectivity index (χ0v) is 21.8. The maximum absolute atomic E-state index is 13.7. The van der Waals surface area contributed by atoms with Gasteiger partial charge in [-0.05, 0) is 59.6 Å². The highest BCUT2D eigenvalue weighted by atomic mass is 19.1. The molecule has 4 rings (SSSR count). The largest absolute Gasteiger partial charge is 0.486 e. The Morgan fingerprint density at radius 1 is 0.944 bits per heavy atom. The third kappa shape index (κ3) is 5.98. The zero-order valence-electron chi connectivity index (χ0n) is 21.8. The van der Waals surface area contributed by atoms with Gasteiger partial charge in [0.2, 0.25) is 5.91 Å². The molecule has 1 atom stereocenters. The molecule has 0 aliphatic heterocycles. The Balaban J connectivity index is 1.45. The molecule has 0 spiro atoms. The number of halogens is 1. The predicted octanol–water partition coefficient (Wildman–Crippen LogP) is 7.45. The highest BCUT2D eigenvalue weighted by Crippen LogP contribution is 2.45. The minimum atomic E-state index is -0.489. The second-order valence-corrected chi connectivity index (χ2v) is 10.5. The Labute approximate surface area is 215 Å². The van der Waals surface area contributed by atoms with Crippen LogP contribution in [0, 0.1) is 5.92 Å². The average molecular weight is 488 g/mol. The summed E-state index contributed by atoms with van der Waals surface area (Å²) in [7, 11) is 1.91. The first-order chi connectivity index (χ1) is 17.4. The van der Waals surface area contributed by atoms with Gasteiger partial charge in [0.15, 0.2) is 0 Å². The van der Waals surface area contributed by atoms with E-state index in [0.717, 1.165) is 36.8 Å². The highest BCUT2D eigenvalue weighted by Gasteiger charge is 2.46. The Hall–Kier alpha value is -3.14. The molecule has 1 aliphatic carbocycles. The van der Waals surface area contributed by atoms with Crippen LogP contribution in [0.1, 0.15) is 67.9 Å². The normalized spacial score (nSPS) is 15.2. The molecule has 0 aromatic heterocycles. The molecule has 0 unspecified atom stereocenters. The molecule has 1 amide bonds. The second-order valence-electron chi connectivity index (χ2n) is 10.5. The molecule has 1 fully saturated rings. The molecule has 3 aromatic rings. The van der Waals surface area contributed by atoms with E-state index in [4.69, 9.17) is 4.74 Å². The standard InChI is InChI=1S/C32H38FNO2/c1-24(2)22-25-10-14-28(15-11-25)32(19-7-20-32)31(35)34(3)21-18-30(27-8-5-4-6-9-27)36-29-16-12-26(23-33)13-17-29/h4-6,8-17,24,30H,7,18-23H2,1-3H3/t30-/m1/s1. The van der Waals surface area contributed by atoms with Crippen molar-refractivity contribution in [2.75, 3.05) is 13.6 Å². The third-order valence-corrected chi connectivity index (χ3v) is 7.37. The molecular formula is C32H38FNO2. The summed E-state index contributed by atoms with van der Waals surface area (Å²) in [4.78, 5) is 15.6. The second kappa shape index (κ2) is 11.7. The van der Waals surface area contributed by atoms with Crippen molar-refractivity contribution >= 4 is 5.91 Å². The Bertz CT molecular complexity index is 1110. The minimum absolute atomic E-state index is 0.199. The summed E-state index contributed by atoms with van der Waals surface area (Å²) in [5, 5.41) is 0. The van der Waals surface area contributed by atoms with Gasteiger partial charge in [0.25, 0.3) is 0 Å². The molecule has 1 saturated carbocycles. The fourth-order valence-corrected chi connectivity index (χ4v) is 5.15. The molecule has 190 valence electrons. The number of benzene rings is 3. The number of carbonyl (C=O) groups excluding carboxylic acids is 1. The van der Waals surface area contributed by atoms with Crippen LogP contribution < -0.4 is 4.74 Å². The molecule has 0 heterocycles. The van der Waals surface area contributed by atoms with E-state index in [9.17, 15) is 9.18 Å². The van der Waals surface area contributed by atoms with Crippen molar-refractivity contribution in [1.29, 1.82) is 0 Å². The van der Waals surface area contributed by atoms with Crippen molar-refractivity contribution in [3.05, 3.63) is 101 Å². The summed E-state index contributed by atoms with van der Waals surface area (Å²) in [6, 6.07) is 25.9. The fraction of sp³-hybridized carbons (Fsp3) is 0.406. The lowest BCUT2D eigenvalue weighted by Gasteiger charge is -2.43. The van der Waals surface area contributed by atoms with Crippen molar-refractivity contribution in [1.82, 2.24) is 4.90 Å². The first-order valence-electron chi connectivity index (χ1n) is 13.1. The highest BCUT2D eigenvalue weighted by molar-refractivity contribution is 5.89. The van der Waals surface area contributed by atoms with Gasteiger partial charge in [-0.2, -0.15) is 0 Å². The van der Waals surface area contributed by atoms with E-state index in [1.807, 2.05) is 42.3 Å². The number of hydrogen-bond donors (Lipinski definition) is 0. The van der Waals surface area contributed by atoms with Crippen LogP contribution in [0.5, 0.6) is 5.75 Å². The SMILES string of the molecule is CC(C)Cc1ccc(C2(C(=O)N(C)CC[C@@H](Oc3ccc(CF)cc3)c3ccccc3)CCC2)cc1. The Kier molecular flexibility index (Phi) is 8.45. The van der Waals surface area contributed by atoms with Gasteiger partial charge < -0.3 is 9.64 Å². The van der Waals surface area contributed by atoms with Crippen molar-refractivity contribution in [3.8, 4) is 5.75 Å². The monoisotopic (exact) mass is 487 g/mol. The van der Waals surface area contributed by atoms with E-state index in [2.05, 4.69) is 50.2 Å². The van der Waals surface area contributed by atoms with E-state index >= 15 is 0 Å². The van der Waals surface area contributed by atoms with E-state index in [1.165, 1.54) is 5.56 Å². The van der Waals surface area contributed by atoms with Crippen LogP contribution >= 0.6 is 0 Å². The number of rotatable bonds is 11. The van der Waals surface area contributed by atoms with Crippen LogP contribution in [-0.2, 0) is 23.3 Å². The lowest BCUT2D eigenvalue weighted by Crippen LogP contribution is -2.50. The Morgan fingerprint density at radius 2 is 1.58 bits per heavy atom. The first kappa shape index (κ1) is 25.9. The molecule has 3 aromatic carbocycles. The molecular weight excluding hydrogens is 449 g/mol. The van der Waals surface area contributed by atoms with Gasteiger partial charge in [0, 0.05) is 20.0 Å². The van der Waals surface area contributed by atoms with E-state index < -0.39 is 12.1 Å². The predicted molar refractivity (Wildman–Crippen MR) is 144 cm³/mol. The maximum Gasteiger partial charge on any atom is 0.232 e. The lowest BCUT2D eigenvalue weighted by molar-refractivity contribution is -0.139. The van der Waals surface area contributed by atoms with Crippen molar-refractivity contribution < 1.29 is 13.9 Å². The summed E-state index contributed by atoms with van der Waals surface area (Å²) in [5.74, 6) is 1.51. The summed E-state index contributed by atoms with van der Waals surface area (Å²) >= 11 is 0. The van der Waals surface area contributed by atoms with Crippen molar-refractivity contribution in [3.63, 3.8) is 0 Å². The van der Waals surface area contributed by atoms with Gasteiger partial charge in [-0.15, -0.1) is 0 Å². The van der Waals surface area contributed by atoms with Gasteiger partial charge in [0.05, 0.1) is 5.41 Å². The van der Waals surface area contributed by atoms with Crippen LogP contribution in [0.4, 0.5) is 4.39 Å². The Morgan fingerprint density at radius 3 is 2.14 bits per heavy atom. The van der Waals surface area contributed by atoms with Gasteiger partial charge in [-0.1, -0.05) is 87.0 Å². The van der Waals surface area contributed by atoms with Gasteiger partial charge in [-0.25, -0.2) is 4.39 Å². The zero-order chi connectivity index (χ0) is 25.5.